The Labute approximate surface area is 122 Å². The summed E-state index contributed by atoms with van der Waals surface area (Å²) in [6.45, 7) is 8.74. The summed E-state index contributed by atoms with van der Waals surface area (Å²) in [5.41, 5.74) is -1.90. The quantitative estimate of drug-likeness (QED) is 0.831. The van der Waals surface area contributed by atoms with Crippen LogP contribution in [0.3, 0.4) is 0 Å². The Balaban J connectivity index is 3.14. The van der Waals surface area contributed by atoms with Crippen molar-refractivity contribution in [3.05, 3.63) is 35.1 Å². The van der Waals surface area contributed by atoms with Crippen LogP contribution in [0.5, 0.6) is 0 Å². The topological polar surface area (TPSA) is 23.5 Å². The molecular formula is C15H21F4NO. The number of halogens is 4. The first-order valence-corrected chi connectivity index (χ1v) is 6.85. The van der Waals surface area contributed by atoms with Crippen molar-refractivity contribution in [3.63, 3.8) is 0 Å². The second-order valence-electron chi connectivity index (χ2n) is 5.47. The number of rotatable bonds is 5. The van der Waals surface area contributed by atoms with Gasteiger partial charge < -0.3 is 5.11 Å². The molecule has 0 saturated heterocycles. The van der Waals surface area contributed by atoms with Gasteiger partial charge in [0.25, 0.3) is 0 Å². The van der Waals surface area contributed by atoms with Crippen LogP contribution in [0.4, 0.5) is 17.6 Å². The van der Waals surface area contributed by atoms with E-state index in [4.69, 9.17) is 0 Å². The molecule has 1 aromatic carbocycles. The fourth-order valence-corrected chi connectivity index (χ4v) is 2.55. The van der Waals surface area contributed by atoms with E-state index in [1.54, 1.807) is 13.8 Å². The van der Waals surface area contributed by atoms with Gasteiger partial charge in [0, 0.05) is 5.54 Å². The Morgan fingerprint density at radius 1 is 1.14 bits per heavy atom. The molecule has 1 unspecified atom stereocenters. The monoisotopic (exact) mass is 307 g/mol. The van der Waals surface area contributed by atoms with E-state index in [0.717, 1.165) is 12.1 Å². The summed E-state index contributed by atoms with van der Waals surface area (Å²) >= 11 is 0. The molecular weight excluding hydrogens is 286 g/mol. The molecule has 0 radical (unpaired) electrons. The second-order valence-corrected chi connectivity index (χ2v) is 5.47. The molecule has 2 nitrogen and oxygen atoms in total. The van der Waals surface area contributed by atoms with Gasteiger partial charge in [0.05, 0.1) is 11.7 Å². The highest BCUT2D eigenvalue weighted by Gasteiger charge is 2.37. The first-order chi connectivity index (χ1) is 9.55. The Hall–Kier alpha value is -1.14. The van der Waals surface area contributed by atoms with Gasteiger partial charge in [0.15, 0.2) is 0 Å². The normalized spacial score (nSPS) is 14.6. The molecule has 1 rings (SSSR count). The molecule has 21 heavy (non-hydrogen) atoms. The van der Waals surface area contributed by atoms with Gasteiger partial charge in [-0.15, -0.1) is 0 Å². The summed E-state index contributed by atoms with van der Waals surface area (Å²) in [5, 5.41) is 10.4. The predicted octanol–water partition coefficient (Wildman–Crippen LogP) is 4.00. The lowest BCUT2D eigenvalue weighted by atomic mass is 9.89. The number of benzene rings is 1. The third-order valence-corrected chi connectivity index (χ3v) is 3.86. The third kappa shape index (κ3) is 3.74. The first kappa shape index (κ1) is 17.9. The van der Waals surface area contributed by atoms with Gasteiger partial charge in [-0.1, -0.05) is 19.9 Å². The molecule has 0 aliphatic rings. The lowest BCUT2D eigenvalue weighted by Crippen LogP contribution is -2.48. The molecule has 0 saturated carbocycles. The van der Waals surface area contributed by atoms with Crippen molar-refractivity contribution in [3.8, 4) is 0 Å². The minimum atomic E-state index is -4.73. The molecule has 1 atom stereocenters. The summed E-state index contributed by atoms with van der Waals surface area (Å²) in [6.07, 6.45) is -5.82. The van der Waals surface area contributed by atoms with Gasteiger partial charge >= 0.3 is 6.18 Å². The molecule has 0 aliphatic carbocycles. The number of alkyl halides is 3. The SMILES string of the molecule is CCN(CC)C(C)(C)C(O)c1ccc(C(F)(F)F)c(F)c1. The lowest BCUT2D eigenvalue weighted by Gasteiger charge is -2.41. The van der Waals surface area contributed by atoms with Gasteiger partial charge in [-0.25, -0.2) is 4.39 Å². The molecule has 1 aromatic rings. The molecule has 0 spiro atoms. The van der Waals surface area contributed by atoms with Crippen LogP contribution < -0.4 is 0 Å². The predicted molar refractivity (Wildman–Crippen MR) is 73.4 cm³/mol. The van der Waals surface area contributed by atoms with Crippen LogP contribution >= 0.6 is 0 Å². The van der Waals surface area contributed by atoms with Crippen molar-refractivity contribution in [2.45, 2.75) is 45.5 Å². The third-order valence-electron chi connectivity index (χ3n) is 3.86. The maximum Gasteiger partial charge on any atom is 0.419 e. The van der Waals surface area contributed by atoms with E-state index in [2.05, 4.69) is 0 Å². The minimum absolute atomic E-state index is 0.136. The van der Waals surface area contributed by atoms with Gasteiger partial charge in [-0.3, -0.25) is 4.90 Å². The standard InChI is InChI=1S/C15H21F4NO/c1-5-20(6-2)14(3,4)13(21)10-7-8-11(12(16)9-10)15(17,18)19/h7-9,13,21H,5-6H2,1-4H3. The summed E-state index contributed by atoms with van der Waals surface area (Å²) in [5.74, 6) is -1.37. The summed E-state index contributed by atoms with van der Waals surface area (Å²) in [6, 6.07) is 2.56. The Morgan fingerprint density at radius 2 is 1.67 bits per heavy atom. The first-order valence-electron chi connectivity index (χ1n) is 6.85. The van der Waals surface area contributed by atoms with Crippen molar-refractivity contribution in [1.29, 1.82) is 0 Å². The number of likely N-dealkylation sites (N-methyl/N-ethyl adjacent to an activating group) is 1. The fourth-order valence-electron chi connectivity index (χ4n) is 2.55. The second kappa shape index (κ2) is 6.32. The average molecular weight is 307 g/mol. The van der Waals surface area contributed by atoms with Gasteiger partial charge in [-0.05, 0) is 44.6 Å². The van der Waals surface area contributed by atoms with E-state index in [9.17, 15) is 22.7 Å². The highest BCUT2D eigenvalue weighted by atomic mass is 19.4. The Bertz CT molecular complexity index is 481. The van der Waals surface area contributed by atoms with E-state index in [1.807, 2.05) is 18.7 Å². The van der Waals surface area contributed by atoms with Crippen molar-refractivity contribution in [2.24, 2.45) is 0 Å². The lowest BCUT2D eigenvalue weighted by molar-refractivity contribution is -0.140. The summed E-state index contributed by atoms with van der Waals surface area (Å²) in [7, 11) is 0. The number of hydrogen-bond acceptors (Lipinski definition) is 2. The van der Waals surface area contributed by atoms with Crippen LogP contribution in [0.15, 0.2) is 18.2 Å². The zero-order valence-electron chi connectivity index (χ0n) is 12.6. The molecule has 1 N–H and O–H groups in total. The molecule has 0 aromatic heterocycles. The largest absolute Gasteiger partial charge is 0.419 e. The van der Waals surface area contributed by atoms with Gasteiger partial charge in [0.2, 0.25) is 0 Å². The molecule has 0 bridgehead atoms. The minimum Gasteiger partial charge on any atom is -0.386 e. The molecule has 0 aliphatic heterocycles. The fraction of sp³-hybridized carbons (Fsp3) is 0.600. The van der Waals surface area contributed by atoms with Crippen molar-refractivity contribution in [1.82, 2.24) is 4.90 Å². The smallest absolute Gasteiger partial charge is 0.386 e. The van der Waals surface area contributed by atoms with Crippen molar-refractivity contribution in [2.75, 3.05) is 13.1 Å². The highest BCUT2D eigenvalue weighted by molar-refractivity contribution is 5.29. The van der Waals surface area contributed by atoms with Crippen LogP contribution in [0.25, 0.3) is 0 Å². The van der Waals surface area contributed by atoms with E-state index < -0.39 is 29.2 Å². The van der Waals surface area contributed by atoms with Crippen molar-refractivity contribution < 1.29 is 22.7 Å². The number of aliphatic hydroxyl groups excluding tert-OH is 1. The maximum atomic E-state index is 13.6. The van der Waals surface area contributed by atoms with Gasteiger partial charge in [-0.2, -0.15) is 13.2 Å². The van der Waals surface area contributed by atoms with Crippen LogP contribution in [-0.2, 0) is 6.18 Å². The number of nitrogens with zero attached hydrogens (tertiary/aromatic N) is 1. The van der Waals surface area contributed by atoms with E-state index in [-0.39, 0.29) is 5.56 Å². The van der Waals surface area contributed by atoms with Gasteiger partial charge in [0.1, 0.15) is 5.82 Å². The number of aliphatic hydroxyl groups is 1. The van der Waals surface area contributed by atoms with E-state index >= 15 is 0 Å². The zero-order chi connectivity index (χ0) is 16.4. The van der Waals surface area contributed by atoms with Crippen LogP contribution in [-0.4, -0.2) is 28.6 Å². The van der Waals surface area contributed by atoms with E-state index in [1.165, 1.54) is 0 Å². The van der Waals surface area contributed by atoms with Crippen LogP contribution in [0.2, 0.25) is 0 Å². The number of hydrogen-bond donors (Lipinski definition) is 1. The Morgan fingerprint density at radius 3 is 2.05 bits per heavy atom. The molecule has 0 fully saturated rings. The van der Waals surface area contributed by atoms with Crippen molar-refractivity contribution >= 4 is 0 Å². The summed E-state index contributed by atoms with van der Waals surface area (Å²) < 4.78 is 51.2. The van der Waals surface area contributed by atoms with Crippen LogP contribution in [0, 0.1) is 5.82 Å². The van der Waals surface area contributed by atoms with Crippen LogP contribution in [0.1, 0.15) is 44.9 Å². The average Bonchev–Trinajstić information content (AvgIpc) is 2.37. The summed E-state index contributed by atoms with van der Waals surface area (Å²) in [4.78, 5) is 1.97. The molecule has 0 heterocycles. The Kier molecular flexibility index (Phi) is 5.39. The van der Waals surface area contributed by atoms with E-state index in [0.29, 0.717) is 19.2 Å². The molecule has 6 heteroatoms. The molecule has 120 valence electrons. The molecule has 0 amide bonds. The zero-order valence-corrected chi connectivity index (χ0v) is 12.6. The maximum absolute atomic E-state index is 13.6. The highest BCUT2D eigenvalue weighted by Crippen LogP contribution is 2.35.